The van der Waals surface area contributed by atoms with Gasteiger partial charge in [0.1, 0.15) is 0 Å². The second kappa shape index (κ2) is 7.58. The van der Waals surface area contributed by atoms with Crippen molar-refractivity contribution in [2.24, 2.45) is 5.92 Å². The quantitative estimate of drug-likeness (QED) is 0.757. The maximum absolute atomic E-state index is 12.6. The normalized spacial score (nSPS) is 23.5. The third-order valence-electron chi connectivity index (χ3n) is 4.20. The summed E-state index contributed by atoms with van der Waals surface area (Å²) in [7, 11) is 0. The van der Waals surface area contributed by atoms with Crippen LogP contribution in [0.3, 0.4) is 0 Å². The third-order valence-corrected chi connectivity index (χ3v) is 4.20. The van der Waals surface area contributed by atoms with Crippen molar-refractivity contribution in [2.75, 3.05) is 19.8 Å². The summed E-state index contributed by atoms with van der Waals surface area (Å²) in [5.74, 6) is -2.34. The van der Waals surface area contributed by atoms with Crippen LogP contribution in [0.15, 0.2) is 22.5 Å². The first-order valence-corrected chi connectivity index (χ1v) is 8.56. The number of hydrogen-bond donors (Lipinski definition) is 1. The van der Waals surface area contributed by atoms with Gasteiger partial charge in [-0.15, -0.1) is 0 Å². The summed E-state index contributed by atoms with van der Waals surface area (Å²) in [4.78, 5) is 25.2. The Balaban J connectivity index is 2.49. The fraction of sp³-hybridized carbons (Fsp3) is 0.667. The summed E-state index contributed by atoms with van der Waals surface area (Å²) < 4.78 is 22.0. The lowest BCUT2D eigenvalue weighted by atomic mass is 9.81. The van der Waals surface area contributed by atoms with E-state index in [2.05, 4.69) is 5.32 Å². The number of hydrogen-bond acceptors (Lipinski definition) is 7. The van der Waals surface area contributed by atoms with E-state index in [-0.39, 0.29) is 19.8 Å². The monoisotopic (exact) mass is 353 g/mol. The molecule has 2 aliphatic rings. The van der Waals surface area contributed by atoms with Crippen LogP contribution in [0.1, 0.15) is 41.5 Å². The number of rotatable bonds is 5. The van der Waals surface area contributed by atoms with Crippen LogP contribution in [0, 0.1) is 5.92 Å². The first kappa shape index (κ1) is 19.5. The lowest BCUT2D eigenvalue weighted by Crippen LogP contribution is -2.40. The third kappa shape index (κ3) is 4.04. The Kier molecular flexibility index (Phi) is 5.90. The highest BCUT2D eigenvalue weighted by Crippen LogP contribution is 2.39. The van der Waals surface area contributed by atoms with Crippen LogP contribution in [0.2, 0.25) is 0 Å². The van der Waals surface area contributed by atoms with E-state index in [9.17, 15) is 9.59 Å². The molecule has 0 saturated carbocycles. The van der Waals surface area contributed by atoms with Crippen LogP contribution in [-0.4, -0.2) is 43.7 Å². The predicted octanol–water partition coefficient (Wildman–Crippen LogP) is 2.03. The minimum atomic E-state index is -0.781. The lowest BCUT2D eigenvalue weighted by molar-refractivity contribution is -0.149. The topological polar surface area (TPSA) is 83.1 Å². The average molecular weight is 353 g/mol. The molecule has 7 nitrogen and oxygen atoms in total. The average Bonchev–Trinajstić information content (AvgIpc) is 2.86. The standard InChI is InChI=1S/C18H27NO6/c1-7-22-16(20)13-10(3)19-11(4)14(17(21)23-8-2)15(13)12-9-24-18(5,6)25-12/h12,15,19H,7-9H2,1-6H3. The first-order chi connectivity index (χ1) is 11.7. The van der Waals surface area contributed by atoms with E-state index in [0.29, 0.717) is 22.5 Å². The van der Waals surface area contributed by atoms with Gasteiger partial charge in [-0.3, -0.25) is 0 Å². The molecule has 1 unspecified atom stereocenters. The van der Waals surface area contributed by atoms with Gasteiger partial charge in [-0.05, 0) is 41.5 Å². The molecule has 140 valence electrons. The van der Waals surface area contributed by atoms with E-state index >= 15 is 0 Å². The van der Waals surface area contributed by atoms with Crippen LogP contribution in [-0.2, 0) is 28.5 Å². The summed E-state index contributed by atoms with van der Waals surface area (Å²) in [5.41, 5.74) is 2.04. The highest BCUT2D eigenvalue weighted by Gasteiger charge is 2.47. The van der Waals surface area contributed by atoms with E-state index in [1.807, 2.05) is 0 Å². The molecule has 0 aromatic heterocycles. The molecule has 1 N–H and O–H groups in total. The number of ether oxygens (including phenoxy) is 4. The molecular weight excluding hydrogens is 326 g/mol. The molecule has 1 fully saturated rings. The molecule has 1 atom stereocenters. The summed E-state index contributed by atoms with van der Waals surface area (Å²) in [6.45, 7) is 11.4. The van der Waals surface area contributed by atoms with Gasteiger partial charge in [-0.1, -0.05) is 0 Å². The van der Waals surface area contributed by atoms with Crippen molar-refractivity contribution in [1.29, 1.82) is 0 Å². The maximum atomic E-state index is 12.6. The minimum Gasteiger partial charge on any atom is -0.463 e. The van der Waals surface area contributed by atoms with Crippen molar-refractivity contribution < 1.29 is 28.5 Å². The first-order valence-electron chi connectivity index (χ1n) is 8.56. The number of carbonyl (C=O) groups excluding carboxylic acids is 2. The van der Waals surface area contributed by atoms with Gasteiger partial charge in [-0.2, -0.15) is 0 Å². The smallest absolute Gasteiger partial charge is 0.336 e. The van der Waals surface area contributed by atoms with Gasteiger partial charge in [0.05, 0.1) is 43.0 Å². The highest BCUT2D eigenvalue weighted by molar-refractivity contribution is 5.98. The molecule has 0 amide bonds. The van der Waals surface area contributed by atoms with E-state index in [0.717, 1.165) is 0 Å². The van der Waals surface area contributed by atoms with Crippen LogP contribution in [0.4, 0.5) is 0 Å². The van der Waals surface area contributed by atoms with E-state index in [1.54, 1.807) is 41.5 Å². The number of allylic oxidation sites excluding steroid dienone is 2. The van der Waals surface area contributed by atoms with Crippen molar-refractivity contribution in [3.63, 3.8) is 0 Å². The van der Waals surface area contributed by atoms with Crippen molar-refractivity contribution in [1.82, 2.24) is 5.32 Å². The summed E-state index contributed by atoms with van der Waals surface area (Å²) in [6, 6.07) is 0. The zero-order chi connectivity index (χ0) is 18.8. The zero-order valence-corrected chi connectivity index (χ0v) is 15.7. The second-order valence-corrected chi connectivity index (χ2v) is 6.49. The molecule has 0 radical (unpaired) electrons. The Hall–Kier alpha value is -1.86. The minimum absolute atomic E-state index is 0.243. The second-order valence-electron chi connectivity index (χ2n) is 6.49. The van der Waals surface area contributed by atoms with Crippen LogP contribution >= 0.6 is 0 Å². The molecule has 2 rings (SSSR count). The number of esters is 2. The molecule has 2 aliphatic heterocycles. The molecule has 0 spiro atoms. The molecule has 7 heteroatoms. The van der Waals surface area contributed by atoms with E-state index < -0.39 is 29.7 Å². The van der Waals surface area contributed by atoms with Crippen LogP contribution in [0.5, 0.6) is 0 Å². The predicted molar refractivity (Wildman–Crippen MR) is 90.2 cm³/mol. The summed E-state index contributed by atoms with van der Waals surface area (Å²) >= 11 is 0. The van der Waals surface area contributed by atoms with E-state index in [4.69, 9.17) is 18.9 Å². The number of dihydropyridines is 1. The Bertz CT molecular complexity index is 579. The number of nitrogens with one attached hydrogen (secondary N) is 1. The Labute approximate surface area is 148 Å². The summed E-state index contributed by atoms with van der Waals surface area (Å²) in [6.07, 6.45) is -0.485. The van der Waals surface area contributed by atoms with Crippen LogP contribution < -0.4 is 5.32 Å². The van der Waals surface area contributed by atoms with Gasteiger partial charge in [0, 0.05) is 11.4 Å². The maximum Gasteiger partial charge on any atom is 0.336 e. The van der Waals surface area contributed by atoms with Gasteiger partial charge in [0.15, 0.2) is 5.79 Å². The SMILES string of the molecule is CCOC(=O)C1=C(C)NC(C)=C(C(=O)OCC)C1C1COC(C)(C)O1. The molecule has 0 aromatic rings. The highest BCUT2D eigenvalue weighted by atomic mass is 16.7. The van der Waals surface area contributed by atoms with Crippen molar-refractivity contribution in [3.05, 3.63) is 22.5 Å². The fourth-order valence-corrected chi connectivity index (χ4v) is 3.26. The zero-order valence-electron chi connectivity index (χ0n) is 15.7. The molecular formula is C18H27NO6. The molecule has 0 bridgehead atoms. The lowest BCUT2D eigenvalue weighted by Gasteiger charge is -2.33. The van der Waals surface area contributed by atoms with Crippen molar-refractivity contribution in [2.45, 2.75) is 53.4 Å². The van der Waals surface area contributed by atoms with Crippen LogP contribution in [0.25, 0.3) is 0 Å². The van der Waals surface area contributed by atoms with Crippen molar-refractivity contribution in [3.8, 4) is 0 Å². The van der Waals surface area contributed by atoms with Gasteiger partial charge in [-0.25, -0.2) is 9.59 Å². The molecule has 0 aliphatic carbocycles. The molecule has 0 aromatic carbocycles. The largest absolute Gasteiger partial charge is 0.463 e. The Morgan fingerprint density at radius 3 is 1.92 bits per heavy atom. The van der Waals surface area contributed by atoms with Gasteiger partial charge < -0.3 is 24.3 Å². The van der Waals surface area contributed by atoms with Gasteiger partial charge in [0.2, 0.25) is 0 Å². The van der Waals surface area contributed by atoms with E-state index in [1.165, 1.54) is 0 Å². The Morgan fingerprint density at radius 1 is 1.08 bits per heavy atom. The van der Waals surface area contributed by atoms with Gasteiger partial charge >= 0.3 is 11.9 Å². The molecule has 25 heavy (non-hydrogen) atoms. The van der Waals surface area contributed by atoms with Gasteiger partial charge in [0.25, 0.3) is 0 Å². The molecule has 2 heterocycles. The molecule has 1 saturated heterocycles. The fourth-order valence-electron chi connectivity index (χ4n) is 3.26. The number of carbonyl (C=O) groups is 2. The summed E-state index contributed by atoms with van der Waals surface area (Å²) in [5, 5.41) is 3.09. The Morgan fingerprint density at radius 2 is 1.56 bits per heavy atom. The van der Waals surface area contributed by atoms with Crippen molar-refractivity contribution >= 4 is 11.9 Å².